The molecule has 0 atom stereocenters. The van der Waals surface area contributed by atoms with Crippen LogP contribution in [0.2, 0.25) is 0 Å². The summed E-state index contributed by atoms with van der Waals surface area (Å²) in [6.45, 7) is 0.253. The number of imide groups is 1. The molecule has 1 heterocycles. The number of nitrogen functional groups attached to an aromatic ring is 1. The fourth-order valence-corrected chi connectivity index (χ4v) is 3.27. The summed E-state index contributed by atoms with van der Waals surface area (Å²) < 4.78 is 0. The molecular formula is C24H19N3O2. The Morgan fingerprint density at radius 3 is 1.76 bits per heavy atom. The van der Waals surface area contributed by atoms with Gasteiger partial charge in [0.15, 0.2) is 0 Å². The highest BCUT2D eigenvalue weighted by atomic mass is 16.2. The van der Waals surface area contributed by atoms with Crippen LogP contribution in [-0.4, -0.2) is 22.5 Å². The van der Waals surface area contributed by atoms with Crippen LogP contribution in [0.3, 0.4) is 0 Å². The van der Waals surface area contributed by atoms with Crippen LogP contribution >= 0.6 is 0 Å². The van der Waals surface area contributed by atoms with E-state index in [1.807, 2.05) is 60.7 Å². The molecule has 0 aliphatic carbocycles. The van der Waals surface area contributed by atoms with Crippen molar-refractivity contribution in [3.05, 3.63) is 106 Å². The van der Waals surface area contributed by atoms with Gasteiger partial charge in [-0.05, 0) is 28.8 Å². The number of benzene rings is 3. The predicted molar refractivity (Wildman–Crippen MR) is 113 cm³/mol. The van der Waals surface area contributed by atoms with Gasteiger partial charge in [0, 0.05) is 5.56 Å². The highest BCUT2D eigenvalue weighted by Crippen LogP contribution is 2.24. The Hall–Kier alpha value is -3.99. The van der Waals surface area contributed by atoms with Crippen LogP contribution in [0.25, 0.3) is 12.2 Å². The van der Waals surface area contributed by atoms with Crippen molar-refractivity contribution in [2.75, 3.05) is 0 Å². The van der Waals surface area contributed by atoms with E-state index in [9.17, 15) is 9.59 Å². The minimum absolute atomic E-state index is 0.0502. The third-order valence-electron chi connectivity index (χ3n) is 4.89. The second-order valence-electron chi connectivity index (χ2n) is 6.85. The van der Waals surface area contributed by atoms with Crippen LogP contribution in [0, 0.1) is 5.41 Å². The van der Waals surface area contributed by atoms with E-state index in [0.717, 1.165) is 16.7 Å². The molecule has 3 N–H and O–H groups in total. The zero-order valence-corrected chi connectivity index (χ0v) is 15.6. The Labute approximate surface area is 168 Å². The normalized spacial score (nSPS) is 13.2. The summed E-state index contributed by atoms with van der Waals surface area (Å²) in [7, 11) is 0. The summed E-state index contributed by atoms with van der Waals surface area (Å²) in [6, 6.07) is 22.1. The van der Waals surface area contributed by atoms with Gasteiger partial charge in [0.1, 0.15) is 5.84 Å². The summed E-state index contributed by atoms with van der Waals surface area (Å²) in [5.41, 5.74) is 9.99. The molecule has 5 heteroatoms. The molecule has 3 aromatic rings. The summed E-state index contributed by atoms with van der Waals surface area (Å²) >= 11 is 0. The molecule has 0 radical (unpaired) electrons. The SMILES string of the molecule is N=C(N)c1ccc(/C=C/c2ccc(CN3C(=O)c4ccccc4C3=O)cc2)cc1. The van der Waals surface area contributed by atoms with Gasteiger partial charge in [0.2, 0.25) is 0 Å². The van der Waals surface area contributed by atoms with Crippen molar-refractivity contribution in [1.82, 2.24) is 4.90 Å². The molecule has 0 fully saturated rings. The molecule has 0 unspecified atom stereocenters. The highest BCUT2D eigenvalue weighted by Gasteiger charge is 2.34. The van der Waals surface area contributed by atoms with E-state index in [0.29, 0.717) is 16.7 Å². The van der Waals surface area contributed by atoms with Gasteiger partial charge in [-0.3, -0.25) is 19.9 Å². The zero-order chi connectivity index (χ0) is 20.4. The number of carbonyl (C=O) groups is 2. The molecule has 1 aliphatic rings. The molecule has 1 aliphatic heterocycles. The van der Waals surface area contributed by atoms with E-state index in [-0.39, 0.29) is 24.2 Å². The van der Waals surface area contributed by atoms with E-state index in [1.165, 1.54) is 4.90 Å². The highest BCUT2D eigenvalue weighted by molar-refractivity contribution is 6.21. The number of nitrogens with one attached hydrogen (secondary N) is 1. The fourth-order valence-electron chi connectivity index (χ4n) is 3.27. The molecule has 3 aromatic carbocycles. The molecule has 0 saturated heterocycles. The first-order valence-corrected chi connectivity index (χ1v) is 9.19. The Kier molecular flexibility index (Phi) is 4.79. The number of rotatable bonds is 5. The minimum Gasteiger partial charge on any atom is -0.384 e. The third kappa shape index (κ3) is 3.71. The van der Waals surface area contributed by atoms with E-state index in [2.05, 4.69) is 0 Å². The third-order valence-corrected chi connectivity index (χ3v) is 4.89. The van der Waals surface area contributed by atoms with E-state index >= 15 is 0 Å². The smallest absolute Gasteiger partial charge is 0.261 e. The maximum Gasteiger partial charge on any atom is 0.261 e. The van der Waals surface area contributed by atoms with Gasteiger partial charge < -0.3 is 5.73 Å². The number of hydrogen-bond donors (Lipinski definition) is 2. The van der Waals surface area contributed by atoms with Crippen LogP contribution in [0.15, 0.2) is 72.8 Å². The lowest BCUT2D eigenvalue weighted by atomic mass is 10.1. The molecule has 29 heavy (non-hydrogen) atoms. The lowest BCUT2D eigenvalue weighted by molar-refractivity contribution is 0.0642. The number of carbonyl (C=O) groups excluding carboxylic acids is 2. The van der Waals surface area contributed by atoms with Crippen LogP contribution in [0.5, 0.6) is 0 Å². The largest absolute Gasteiger partial charge is 0.384 e. The summed E-state index contributed by atoms with van der Waals surface area (Å²) in [6.07, 6.45) is 3.96. The summed E-state index contributed by atoms with van der Waals surface area (Å²) in [4.78, 5) is 26.2. The lowest BCUT2D eigenvalue weighted by Gasteiger charge is -2.13. The second-order valence-corrected chi connectivity index (χ2v) is 6.85. The van der Waals surface area contributed by atoms with Crippen LogP contribution in [-0.2, 0) is 6.54 Å². The molecule has 0 spiro atoms. The first kappa shape index (κ1) is 18.4. The zero-order valence-electron chi connectivity index (χ0n) is 15.6. The topological polar surface area (TPSA) is 87.2 Å². The van der Waals surface area contributed by atoms with Crippen LogP contribution < -0.4 is 5.73 Å². The van der Waals surface area contributed by atoms with Crippen molar-refractivity contribution in [1.29, 1.82) is 5.41 Å². The second kappa shape index (κ2) is 7.56. The first-order valence-electron chi connectivity index (χ1n) is 9.19. The Morgan fingerprint density at radius 2 is 1.28 bits per heavy atom. The monoisotopic (exact) mass is 381 g/mol. The van der Waals surface area contributed by atoms with Gasteiger partial charge in [-0.1, -0.05) is 72.8 Å². The van der Waals surface area contributed by atoms with Crippen molar-refractivity contribution >= 4 is 29.8 Å². The van der Waals surface area contributed by atoms with Gasteiger partial charge in [0.25, 0.3) is 11.8 Å². The Balaban J connectivity index is 1.44. The average Bonchev–Trinajstić information content (AvgIpc) is 2.98. The molecule has 0 saturated carbocycles. The number of nitrogens with zero attached hydrogens (tertiary/aromatic N) is 1. The predicted octanol–water partition coefficient (Wildman–Crippen LogP) is 3.94. The molecule has 142 valence electrons. The standard InChI is InChI=1S/C24H19N3O2/c25-22(26)19-13-11-17(12-14-19)6-5-16-7-9-18(10-8-16)15-27-23(28)20-3-1-2-4-21(20)24(27)29/h1-14H,15H2,(H3,25,26)/b6-5+. The number of amidine groups is 1. The van der Waals surface area contributed by atoms with Crippen molar-refractivity contribution in [3.63, 3.8) is 0 Å². The molecule has 5 nitrogen and oxygen atoms in total. The quantitative estimate of drug-likeness (QED) is 0.304. The van der Waals surface area contributed by atoms with Crippen molar-refractivity contribution < 1.29 is 9.59 Å². The van der Waals surface area contributed by atoms with Crippen LogP contribution in [0.4, 0.5) is 0 Å². The molecule has 0 bridgehead atoms. The van der Waals surface area contributed by atoms with Crippen molar-refractivity contribution in [3.8, 4) is 0 Å². The summed E-state index contributed by atoms with van der Waals surface area (Å²) in [5.74, 6) is -0.443. The maximum atomic E-state index is 12.5. The number of hydrogen-bond acceptors (Lipinski definition) is 3. The number of nitrogens with two attached hydrogens (primary N) is 1. The van der Waals surface area contributed by atoms with Gasteiger partial charge in [-0.2, -0.15) is 0 Å². The Bertz CT molecular complexity index is 1090. The van der Waals surface area contributed by atoms with E-state index in [4.69, 9.17) is 11.1 Å². The molecule has 0 aromatic heterocycles. The van der Waals surface area contributed by atoms with Crippen LogP contribution in [0.1, 0.15) is 43.0 Å². The van der Waals surface area contributed by atoms with Gasteiger partial charge in [-0.15, -0.1) is 0 Å². The van der Waals surface area contributed by atoms with Gasteiger partial charge >= 0.3 is 0 Å². The van der Waals surface area contributed by atoms with E-state index < -0.39 is 0 Å². The van der Waals surface area contributed by atoms with Crippen molar-refractivity contribution in [2.45, 2.75) is 6.54 Å². The first-order chi connectivity index (χ1) is 14.0. The molecule has 4 rings (SSSR count). The number of fused-ring (bicyclic) bond motifs is 1. The van der Waals surface area contributed by atoms with Crippen molar-refractivity contribution in [2.24, 2.45) is 5.73 Å². The molecular weight excluding hydrogens is 362 g/mol. The Morgan fingerprint density at radius 1 is 0.793 bits per heavy atom. The van der Waals surface area contributed by atoms with Gasteiger partial charge in [0.05, 0.1) is 17.7 Å². The number of amides is 2. The molecule has 2 amide bonds. The lowest BCUT2D eigenvalue weighted by Crippen LogP contribution is -2.29. The average molecular weight is 381 g/mol. The fraction of sp³-hybridized carbons (Fsp3) is 0.0417. The minimum atomic E-state index is -0.247. The summed E-state index contributed by atoms with van der Waals surface area (Å²) in [5, 5.41) is 7.42. The maximum absolute atomic E-state index is 12.5. The van der Waals surface area contributed by atoms with E-state index in [1.54, 1.807) is 24.3 Å². The van der Waals surface area contributed by atoms with Gasteiger partial charge in [-0.25, -0.2) is 0 Å².